The number of aromatic nitrogens is 2. The number of carboxylic acid groups (broad SMARTS) is 1. The van der Waals surface area contributed by atoms with Crippen molar-refractivity contribution in [2.24, 2.45) is 0 Å². The zero-order valence-corrected chi connectivity index (χ0v) is 7.77. The molecule has 0 spiro atoms. The average molecular weight is 181 g/mol. The maximum Gasteiger partial charge on any atom is 0.420 e. The van der Waals surface area contributed by atoms with Crippen molar-refractivity contribution in [3.8, 4) is 0 Å². The van der Waals surface area contributed by atoms with Gasteiger partial charge < -0.3 is 5.11 Å². The second-order valence-corrected chi connectivity index (χ2v) is 3.02. The van der Waals surface area contributed by atoms with E-state index in [1.807, 2.05) is 13.8 Å². The number of hydrogen-bond acceptors (Lipinski definition) is 1. The standard InChI is InChI=1S/C9H12N2O2/c1-4-10-5-6-11(7(2)3)8(10)9(12)13/h4-7H,1H2,2-3H3/p+1. The molecule has 0 aromatic carbocycles. The lowest BCUT2D eigenvalue weighted by Gasteiger charge is -2.01. The predicted molar refractivity (Wildman–Crippen MR) is 48.4 cm³/mol. The summed E-state index contributed by atoms with van der Waals surface area (Å²) in [6.45, 7) is 7.39. The van der Waals surface area contributed by atoms with Crippen molar-refractivity contribution >= 4 is 12.2 Å². The number of nitrogens with zero attached hydrogens (tertiary/aromatic N) is 2. The smallest absolute Gasteiger partial charge is 0.420 e. The quantitative estimate of drug-likeness (QED) is 0.711. The zero-order chi connectivity index (χ0) is 10.0. The van der Waals surface area contributed by atoms with Crippen LogP contribution in [0.4, 0.5) is 0 Å². The number of imidazole rings is 1. The van der Waals surface area contributed by atoms with Gasteiger partial charge in [-0.05, 0) is 13.8 Å². The Morgan fingerprint density at radius 3 is 2.77 bits per heavy atom. The molecule has 1 heterocycles. The van der Waals surface area contributed by atoms with E-state index in [-0.39, 0.29) is 11.9 Å². The van der Waals surface area contributed by atoms with Crippen molar-refractivity contribution in [1.29, 1.82) is 0 Å². The first kappa shape index (κ1) is 9.51. The summed E-state index contributed by atoms with van der Waals surface area (Å²) in [5, 5.41) is 8.93. The van der Waals surface area contributed by atoms with Gasteiger partial charge in [-0.1, -0.05) is 6.58 Å². The fraction of sp³-hybridized carbons (Fsp3) is 0.333. The first-order chi connectivity index (χ1) is 6.07. The largest absolute Gasteiger partial charge is 0.472 e. The fourth-order valence-electron chi connectivity index (χ4n) is 1.20. The van der Waals surface area contributed by atoms with Gasteiger partial charge in [-0.15, -0.1) is 0 Å². The molecule has 13 heavy (non-hydrogen) atoms. The Kier molecular flexibility index (Phi) is 2.51. The van der Waals surface area contributed by atoms with E-state index in [4.69, 9.17) is 5.11 Å². The predicted octanol–water partition coefficient (Wildman–Crippen LogP) is 1.16. The van der Waals surface area contributed by atoms with Gasteiger partial charge in [0.15, 0.2) is 0 Å². The summed E-state index contributed by atoms with van der Waals surface area (Å²) in [4.78, 5) is 10.9. The molecule has 0 aliphatic heterocycles. The molecule has 1 N–H and O–H groups in total. The van der Waals surface area contributed by atoms with Crippen LogP contribution in [0, 0.1) is 0 Å². The van der Waals surface area contributed by atoms with Crippen LogP contribution < -0.4 is 4.57 Å². The van der Waals surface area contributed by atoms with Gasteiger partial charge in [0.05, 0.1) is 12.2 Å². The number of hydrogen-bond donors (Lipinski definition) is 1. The minimum atomic E-state index is -0.946. The summed E-state index contributed by atoms with van der Waals surface area (Å²) >= 11 is 0. The third kappa shape index (κ3) is 1.61. The van der Waals surface area contributed by atoms with E-state index in [0.29, 0.717) is 0 Å². The van der Waals surface area contributed by atoms with Gasteiger partial charge in [-0.3, -0.25) is 0 Å². The van der Waals surface area contributed by atoms with Gasteiger partial charge in [-0.2, -0.15) is 4.57 Å². The first-order valence-corrected chi connectivity index (χ1v) is 4.05. The monoisotopic (exact) mass is 181 g/mol. The molecule has 1 aromatic heterocycles. The molecule has 1 rings (SSSR count). The normalized spacial score (nSPS) is 10.4. The molecule has 4 heteroatoms. The van der Waals surface area contributed by atoms with Gasteiger partial charge in [-0.25, -0.2) is 9.36 Å². The second kappa shape index (κ2) is 3.43. The van der Waals surface area contributed by atoms with Gasteiger partial charge in [0, 0.05) is 0 Å². The number of carboxylic acids is 1. The molecule has 0 amide bonds. The fourth-order valence-corrected chi connectivity index (χ4v) is 1.20. The Labute approximate surface area is 76.7 Å². The Bertz CT molecular complexity index is 339. The lowest BCUT2D eigenvalue weighted by molar-refractivity contribution is -0.717. The molecular formula is C9H13N2O2+. The van der Waals surface area contributed by atoms with E-state index in [0.717, 1.165) is 0 Å². The van der Waals surface area contributed by atoms with E-state index in [1.165, 1.54) is 10.8 Å². The molecule has 4 nitrogen and oxygen atoms in total. The van der Waals surface area contributed by atoms with Crippen LogP contribution >= 0.6 is 0 Å². The maximum atomic E-state index is 10.9. The van der Waals surface area contributed by atoms with Crippen LogP contribution in [0.2, 0.25) is 0 Å². The summed E-state index contributed by atoms with van der Waals surface area (Å²) in [6, 6.07) is 0.132. The van der Waals surface area contributed by atoms with Crippen molar-refractivity contribution < 1.29 is 14.5 Å². The third-order valence-electron chi connectivity index (χ3n) is 1.82. The first-order valence-electron chi connectivity index (χ1n) is 4.05. The van der Waals surface area contributed by atoms with Crippen LogP contribution in [0.3, 0.4) is 0 Å². The maximum absolute atomic E-state index is 10.9. The van der Waals surface area contributed by atoms with Crippen molar-refractivity contribution in [2.45, 2.75) is 19.9 Å². The highest BCUT2D eigenvalue weighted by molar-refractivity contribution is 5.82. The van der Waals surface area contributed by atoms with Crippen LogP contribution in [-0.2, 0) is 0 Å². The van der Waals surface area contributed by atoms with Gasteiger partial charge >= 0.3 is 11.8 Å². The van der Waals surface area contributed by atoms with Crippen LogP contribution in [0.1, 0.15) is 30.5 Å². The minimum Gasteiger partial charge on any atom is -0.472 e. The molecular weight excluding hydrogens is 168 g/mol. The number of carbonyl (C=O) groups is 1. The zero-order valence-electron chi connectivity index (χ0n) is 7.77. The topological polar surface area (TPSA) is 46.1 Å². The average Bonchev–Trinajstić information content (AvgIpc) is 2.46. The molecule has 70 valence electrons. The summed E-state index contributed by atoms with van der Waals surface area (Å²) in [7, 11) is 0. The highest BCUT2D eigenvalue weighted by Crippen LogP contribution is 2.00. The molecule has 0 fully saturated rings. The second-order valence-electron chi connectivity index (χ2n) is 3.02. The number of rotatable bonds is 3. The molecule has 0 radical (unpaired) electrons. The Hall–Kier alpha value is -1.58. The van der Waals surface area contributed by atoms with Crippen LogP contribution in [0.25, 0.3) is 6.20 Å². The molecule has 0 aliphatic carbocycles. The molecule has 0 unspecified atom stereocenters. The summed E-state index contributed by atoms with van der Waals surface area (Å²) in [6.07, 6.45) is 4.88. The molecule has 0 atom stereocenters. The van der Waals surface area contributed by atoms with Crippen LogP contribution in [0.15, 0.2) is 19.0 Å². The Balaban J connectivity index is 3.29. The molecule has 0 saturated heterocycles. The van der Waals surface area contributed by atoms with E-state index in [2.05, 4.69) is 6.58 Å². The van der Waals surface area contributed by atoms with E-state index in [1.54, 1.807) is 17.0 Å². The van der Waals surface area contributed by atoms with E-state index < -0.39 is 5.97 Å². The van der Waals surface area contributed by atoms with Gasteiger partial charge in [0.1, 0.15) is 12.4 Å². The van der Waals surface area contributed by atoms with E-state index >= 15 is 0 Å². The van der Waals surface area contributed by atoms with Gasteiger partial charge in [0.2, 0.25) is 0 Å². The Morgan fingerprint density at radius 1 is 1.77 bits per heavy atom. The highest BCUT2D eigenvalue weighted by atomic mass is 16.4. The molecule has 0 saturated carbocycles. The van der Waals surface area contributed by atoms with Crippen molar-refractivity contribution in [2.75, 3.05) is 0 Å². The lowest BCUT2D eigenvalue weighted by atomic mass is 10.4. The molecule has 1 aromatic rings. The highest BCUT2D eigenvalue weighted by Gasteiger charge is 2.24. The minimum absolute atomic E-state index is 0.132. The van der Waals surface area contributed by atoms with Crippen LogP contribution in [0.5, 0.6) is 0 Å². The van der Waals surface area contributed by atoms with Crippen LogP contribution in [-0.4, -0.2) is 15.6 Å². The van der Waals surface area contributed by atoms with E-state index in [9.17, 15) is 4.79 Å². The molecule has 0 aliphatic rings. The van der Waals surface area contributed by atoms with Crippen molar-refractivity contribution in [3.05, 3.63) is 24.8 Å². The number of aromatic carboxylic acids is 1. The molecule has 0 bridgehead atoms. The summed E-state index contributed by atoms with van der Waals surface area (Å²) < 4.78 is 3.17. The van der Waals surface area contributed by atoms with Crippen molar-refractivity contribution in [3.63, 3.8) is 0 Å². The Morgan fingerprint density at radius 2 is 2.38 bits per heavy atom. The lowest BCUT2D eigenvalue weighted by Crippen LogP contribution is -2.41. The van der Waals surface area contributed by atoms with Crippen molar-refractivity contribution in [1.82, 2.24) is 4.57 Å². The SMILES string of the molecule is C=Cn1cc[n+](C(C)C)c1C(=O)O. The van der Waals surface area contributed by atoms with Gasteiger partial charge in [0.25, 0.3) is 0 Å². The summed E-state index contributed by atoms with van der Waals surface area (Å²) in [5.74, 6) is -0.719. The summed E-state index contributed by atoms with van der Waals surface area (Å²) in [5.41, 5.74) is 0. The third-order valence-corrected chi connectivity index (χ3v) is 1.82.